The van der Waals surface area contributed by atoms with Crippen molar-refractivity contribution < 1.29 is 46.7 Å². The van der Waals surface area contributed by atoms with Crippen LogP contribution in [0.1, 0.15) is 67.7 Å². The number of carbonyl (C=O) groups is 3. The number of amides is 3. The number of hydrogen-bond acceptors (Lipinski definition) is 8. The molecule has 0 saturated carbocycles. The number of ether oxygens (including phenoxy) is 2. The lowest BCUT2D eigenvalue weighted by molar-refractivity contribution is -0.946. The Balaban J connectivity index is 1.02. The first kappa shape index (κ1) is 46.2. The fourth-order valence-electron chi connectivity index (χ4n) is 9.46. The summed E-state index contributed by atoms with van der Waals surface area (Å²) in [6, 6.07) is 23.8. The lowest BCUT2D eigenvalue weighted by Gasteiger charge is -2.36. The van der Waals surface area contributed by atoms with Gasteiger partial charge in [-0.3, -0.25) is 19.3 Å². The van der Waals surface area contributed by atoms with Gasteiger partial charge in [-0.15, -0.1) is 0 Å². The van der Waals surface area contributed by atoms with Crippen molar-refractivity contribution in [1.29, 1.82) is 0 Å². The molecule has 2 aromatic heterocycles. The fraction of sp³-hybridized carbons (Fsp3) is 0.333. The first-order chi connectivity index (χ1) is 32.7. The van der Waals surface area contributed by atoms with E-state index in [4.69, 9.17) is 15.3 Å². The monoisotopic (exact) mass is 931 g/mol. The molecule has 1 saturated heterocycles. The Morgan fingerprint density at radius 3 is 2.41 bits per heavy atom. The third-order valence-corrected chi connectivity index (χ3v) is 13.6. The smallest absolute Gasteiger partial charge is 0.333 e. The van der Waals surface area contributed by atoms with Crippen molar-refractivity contribution in [1.82, 2.24) is 24.1 Å². The molecule has 68 heavy (non-hydrogen) atoms. The van der Waals surface area contributed by atoms with Crippen molar-refractivity contribution in [3.63, 3.8) is 0 Å². The van der Waals surface area contributed by atoms with E-state index in [9.17, 15) is 23.5 Å². The van der Waals surface area contributed by atoms with Crippen LogP contribution in [0.5, 0.6) is 11.5 Å². The van der Waals surface area contributed by atoms with Gasteiger partial charge in [0.15, 0.2) is 0 Å². The molecule has 6 aromatic rings. The van der Waals surface area contributed by atoms with Crippen molar-refractivity contribution in [3.05, 3.63) is 148 Å². The molecule has 0 aliphatic carbocycles. The number of quaternary nitrogens is 1. The Bertz CT molecular complexity index is 2880. The zero-order valence-electron chi connectivity index (χ0n) is 38.2. The summed E-state index contributed by atoms with van der Waals surface area (Å²) < 4.78 is 56.8. The molecule has 4 aromatic carbocycles. The van der Waals surface area contributed by atoms with Gasteiger partial charge in [-0.05, 0) is 103 Å². The number of nitrogens with two attached hydrogens (primary N) is 1. The summed E-state index contributed by atoms with van der Waals surface area (Å²) in [6.45, 7) is 5.16. The summed E-state index contributed by atoms with van der Waals surface area (Å²) in [5, 5.41) is 13.8. The molecule has 3 N–H and O–H groups in total. The number of aromatic hydroxyl groups is 1. The van der Waals surface area contributed by atoms with Gasteiger partial charge in [-0.1, -0.05) is 30.3 Å². The second-order valence-electron chi connectivity index (χ2n) is 18.0. The van der Waals surface area contributed by atoms with Gasteiger partial charge in [0.1, 0.15) is 43.6 Å². The number of morpholine rings is 1. The van der Waals surface area contributed by atoms with Crippen LogP contribution < -0.4 is 15.5 Å². The highest BCUT2D eigenvalue weighted by molar-refractivity contribution is 6.12. The van der Waals surface area contributed by atoms with Crippen LogP contribution in [0.15, 0.2) is 97.3 Å². The van der Waals surface area contributed by atoms with E-state index >= 15 is 9.18 Å². The summed E-state index contributed by atoms with van der Waals surface area (Å²) in [7, 11) is 1.80. The minimum atomic E-state index is -2.94. The number of aromatic nitrogens is 3. The Morgan fingerprint density at radius 2 is 1.69 bits per heavy atom. The van der Waals surface area contributed by atoms with Crippen LogP contribution in [-0.2, 0) is 48.9 Å². The van der Waals surface area contributed by atoms with Gasteiger partial charge in [0.05, 0.1) is 43.3 Å². The summed E-state index contributed by atoms with van der Waals surface area (Å²) in [6.07, 6.45) is 3.21. The third kappa shape index (κ3) is 9.33. The van der Waals surface area contributed by atoms with Crippen molar-refractivity contribution in [3.8, 4) is 22.8 Å². The molecule has 0 bridgehead atoms. The van der Waals surface area contributed by atoms with Crippen molar-refractivity contribution in [2.75, 3.05) is 50.9 Å². The number of carbonyl (C=O) groups excluding carboxylic acids is 3. The maximum Gasteiger partial charge on any atom is 0.333 e. The number of phenolic OH excluding ortho intramolecular Hbond substituents is 1. The predicted octanol–water partition coefficient (Wildman–Crippen LogP) is 7.23. The Hall–Kier alpha value is -6.95. The molecule has 1 fully saturated rings. The molecule has 1 atom stereocenters. The number of hydrogen-bond donors (Lipinski definition) is 2. The molecule has 17 heteroatoms. The van der Waals surface area contributed by atoms with Gasteiger partial charge in [0, 0.05) is 67.0 Å². The van der Waals surface area contributed by atoms with Crippen LogP contribution in [0.4, 0.5) is 24.5 Å². The number of alkyl halides is 2. The SMILES string of the molecule is Cc1c(C(=O)N(c2ccc(O)cc2)c2cnn(C(F)F)c2)cc(-c2cc3c(cc2C(=O)N2Cc4ccccc4C[C@H]2C)CN(C(=O)Cc2ccc(OCC[N+]4(N)CCOCC4)cc2F)CC3)n1C. The number of fused-ring (bicyclic) bond motifs is 2. The van der Waals surface area contributed by atoms with Crippen molar-refractivity contribution in [2.45, 2.75) is 58.8 Å². The van der Waals surface area contributed by atoms with Crippen LogP contribution in [-0.4, -0.2) is 104 Å². The lowest BCUT2D eigenvalue weighted by atomic mass is 9.89. The van der Waals surface area contributed by atoms with Gasteiger partial charge in [-0.25, -0.2) is 13.7 Å². The number of halogens is 3. The highest BCUT2D eigenvalue weighted by Crippen LogP contribution is 2.37. The number of anilines is 2. The molecule has 5 heterocycles. The van der Waals surface area contributed by atoms with E-state index in [0.717, 1.165) is 22.9 Å². The molecule has 0 unspecified atom stereocenters. The summed E-state index contributed by atoms with van der Waals surface area (Å²) in [5.41, 5.74) is 6.90. The minimum Gasteiger partial charge on any atom is -0.508 e. The lowest BCUT2D eigenvalue weighted by Crippen LogP contribution is -2.61. The molecule has 0 radical (unpaired) electrons. The quantitative estimate of drug-likeness (QED) is 0.0966. The van der Waals surface area contributed by atoms with Gasteiger partial charge in [0.25, 0.3) is 11.8 Å². The standard InChI is InChI=1S/C51H53F3N8O6/c1-32-22-34-6-4-5-7-37(34)30-59(32)49(65)45-24-38-29-58(48(64)25-36-8-13-42(26-46(36)52)68-21-18-62(55)16-19-67-20-17-62)15-14-35(38)23-44(45)47-27-43(33(2)57(47)3)50(66)61(39-9-11-41(63)12-10-39)40-28-56-60(31-40)51(53)54/h4-13,23-24,26-28,31-32,51H,14-22,25,29-30,55H2,1-3H3/p+1/t32-/m1/s1. The highest BCUT2D eigenvalue weighted by Gasteiger charge is 2.34. The van der Waals surface area contributed by atoms with Crippen molar-refractivity contribution in [2.24, 2.45) is 12.9 Å². The number of nitrogens with zero attached hydrogens (tertiary/aromatic N) is 7. The molecule has 9 rings (SSSR count). The Kier molecular flexibility index (Phi) is 12.9. The molecule has 3 aliphatic heterocycles. The molecule has 354 valence electrons. The average Bonchev–Trinajstić information content (AvgIpc) is 3.94. The second-order valence-corrected chi connectivity index (χ2v) is 18.0. The number of phenols is 1. The molecule has 3 amide bonds. The summed E-state index contributed by atoms with van der Waals surface area (Å²) in [4.78, 5) is 48.5. The summed E-state index contributed by atoms with van der Waals surface area (Å²) in [5.74, 6) is 5.16. The van der Waals surface area contributed by atoms with E-state index in [0.29, 0.717) is 109 Å². The zero-order valence-corrected chi connectivity index (χ0v) is 38.2. The Labute approximate surface area is 392 Å². The van der Waals surface area contributed by atoms with Crippen molar-refractivity contribution >= 4 is 29.1 Å². The normalized spacial score (nSPS) is 16.6. The maximum absolute atomic E-state index is 15.5. The number of rotatable bonds is 12. The first-order valence-electron chi connectivity index (χ1n) is 22.7. The third-order valence-electron chi connectivity index (χ3n) is 13.6. The Morgan fingerprint density at radius 1 is 0.941 bits per heavy atom. The maximum atomic E-state index is 15.5. The van der Waals surface area contributed by atoms with E-state index in [1.165, 1.54) is 47.0 Å². The van der Waals surface area contributed by atoms with Crippen LogP contribution in [0.2, 0.25) is 0 Å². The second kappa shape index (κ2) is 19.0. The van der Waals surface area contributed by atoms with Gasteiger partial charge in [0.2, 0.25) is 5.91 Å². The molecule has 3 aliphatic rings. The van der Waals surface area contributed by atoms with E-state index in [1.807, 2.05) is 46.7 Å². The first-order valence-corrected chi connectivity index (χ1v) is 22.7. The average molecular weight is 932 g/mol. The van der Waals surface area contributed by atoms with E-state index in [-0.39, 0.29) is 53.4 Å². The molecular formula is C51H54F3N8O6+. The molecule has 0 spiro atoms. The van der Waals surface area contributed by atoms with Gasteiger partial charge >= 0.3 is 6.55 Å². The number of benzene rings is 4. The van der Waals surface area contributed by atoms with Crippen LogP contribution >= 0.6 is 0 Å². The fourth-order valence-corrected chi connectivity index (χ4v) is 9.46. The largest absolute Gasteiger partial charge is 0.508 e. The van der Waals surface area contributed by atoms with Gasteiger partial charge in [-0.2, -0.15) is 19.7 Å². The highest BCUT2D eigenvalue weighted by atomic mass is 19.3. The molecule has 14 nitrogen and oxygen atoms in total. The van der Waals surface area contributed by atoms with E-state index < -0.39 is 18.3 Å². The van der Waals surface area contributed by atoms with Crippen LogP contribution in [0.3, 0.4) is 0 Å². The zero-order chi connectivity index (χ0) is 47.9. The van der Waals surface area contributed by atoms with E-state index in [1.54, 1.807) is 37.1 Å². The minimum absolute atomic E-state index is 0.0428. The van der Waals surface area contributed by atoms with E-state index in [2.05, 4.69) is 11.2 Å². The topological polar surface area (TPSA) is 148 Å². The van der Waals surface area contributed by atoms with Crippen LogP contribution in [0, 0.1) is 12.7 Å². The predicted molar refractivity (Wildman–Crippen MR) is 248 cm³/mol. The van der Waals surface area contributed by atoms with Crippen LogP contribution in [0.25, 0.3) is 11.3 Å². The van der Waals surface area contributed by atoms with Gasteiger partial charge < -0.3 is 28.9 Å². The summed E-state index contributed by atoms with van der Waals surface area (Å²) >= 11 is 0. The molecular weight excluding hydrogens is 878 g/mol.